The predicted molar refractivity (Wildman–Crippen MR) is 77.2 cm³/mol. The highest BCUT2D eigenvalue weighted by atomic mass is 35.5. The molecule has 1 aliphatic heterocycles. The van der Waals surface area contributed by atoms with Crippen LogP contribution in [0.4, 0.5) is 0 Å². The molecule has 0 bridgehead atoms. The zero-order chi connectivity index (χ0) is 14.4. The van der Waals surface area contributed by atoms with E-state index in [4.69, 9.17) is 21.1 Å². The third-order valence-electron chi connectivity index (χ3n) is 2.95. The fourth-order valence-electron chi connectivity index (χ4n) is 1.89. The molecule has 1 heterocycles. The molecule has 0 spiro atoms. The van der Waals surface area contributed by atoms with Crippen LogP contribution in [0.3, 0.4) is 0 Å². The third-order valence-corrected chi connectivity index (χ3v) is 3.20. The summed E-state index contributed by atoms with van der Waals surface area (Å²) in [7, 11) is 0. The summed E-state index contributed by atoms with van der Waals surface area (Å²) in [5, 5.41) is 6.63. The van der Waals surface area contributed by atoms with Gasteiger partial charge in [-0.3, -0.25) is 4.79 Å². The minimum atomic E-state index is -0.272. The number of rotatable bonds is 5. The molecule has 2 unspecified atom stereocenters. The molecule has 1 aromatic rings. The van der Waals surface area contributed by atoms with Crippen LogP contribution in [0.15, 0.2) is 24.3 Å². The quantitative estimate of drug-likeness (QED) is 0.858. The lowest BCUT2D eigenvalue weighted by molar-refractivity contribution is -0.126. The van der Waals surface area contributed by atoms with Crippen molar-refractivity contribution in [3.63, 3.8) is 0 Å². The van der Waals surface area contributed by atoms with Crippen molar-refractivity contribution in [2.75, 3.05) is 26.3 Å². The minimum absolute atomic E-state index is 0.0590. The first-order valence-electron chi connectivity index (χ1n) is 6.66. The number of hydrogen-bond donors (Lipinski definition) is 2. The Labute approximate surface area is 123 Å². The Bertz CT molecular complexity index is 433. The summed E-state index contributed by atoms with van der Waals surface area (Å²) >= 11 is 5.81. The van der Waals surface area contributed by atoms with Crippen molar-refractivity contribution in [1.29, 1.82) is 0 Å². The van der Waals surface area contributed by atoms with Crippen molar-refractivity contribution < 1.29 is 14.3 Å². The number of nitrogens with one attached hydrogen (secondary N) is 2. The van der Waals surface area contributed by atoms with Crippen molar-refractivity contribution in [3.05, 3.63) is 29.3 Å². The topological polar surface area (TPSA) is 59.6 Å². The molecular weight excluding hydrogens is 280 g/mol. The van der Waals surface area contributed by atoms with Gasteiger partial charge in [0.15, 0.2) is 0 Å². The van der Waals surface area contributed by atoms with Crippen LogP contribution in [0.1, 0.15) is 6.92 Å². The van der Waals surface area contributed by atoms with E-state index in [2.05, 4.69) is 10.6 Å². The second-order valence-corrected chi connectivity index (χ2v) is 5.15. The molecule has 0 aliphatic carbocycles. The molecule has 5 nitrogen and oxygen atoms in total. The van der Waals surface area contributed by atoms with Crippen LogP contribution in [0.25, 0.3) is 0 Å². The molecular formula is C14H19ClN2O3. The molecule has 0 saturated carbocycles. The van der Waals surface area contributed by atoms with Crippen LogP contribution >= 0.6 is 11.6 Å². The number of hydrogen-bond acceptors (Lipinski definition) is 4. The predicted octanol–water partition coefficient (Wildman–Crippen LogP) is 1.21. The molecule has 2 atom stereocenters. The Morgan fingerprint density at radius 3 is 2.95 bits per heavy atom. The van der Waals surface area contributed by atoms with E-state index in [-0.39, 0.29) is 18.1 Å². The molecule has 0 radical (unpaired) electrons. The number of benzene rings is 1. The lowest BCUT2D eigenvalue weighted by Gasteiger charge is -2.24. The number of morpholine rings is 1. The first-order valence-corrected chi connectivity index (χ1v) is 7.04. The van der Waals surface area contributed by atoms with Crippen molar-refractivity contribution >= 4 is 17.5 Å². The lowest BCUT2D eigenvalue weighted by Crippen LogP contribution is -2.52. The Kier molecular flexibility index (Phi) is 5.64. The third kappa shape index (κ3) is 4.67. The Balaban J connectivity index is 1.72. The fourth-order valence-corrected chi connectivity index (χ4v) is 2.01. The zero-order valence-electron chi connectivity index (χ0n) is 11.4. The normalized spacial score (nSPS) is 20.2. The minimum Gasteiger partial charge on any atom is -0.489 e. The van der Waals surface area contributed by atoms with Crippen LogP contribution in [-0.2, 0) is 9.53 Å². The molecule has 6 heteroatoms. The average Bonchev–Trinajstić information content (AvgIpc) is 2.48. The van der Waals surface area contributed by atoms with E-state index < -0.39 is 0 Å². The van der Waals surface area contributed by atoms with Crippen molar-refractivity contribution in [2.24, 2.45) is 0 Å². The van der Waals surface area contributed by atoms with E-state index >= 15 is 0 Å². The van der Waals surface area contributed by atoms with Gasteiger partial charge in [-0.15, -0.1) is 0 Å². The standard InChI is InChI=1S/C14H19ClN2O3/c1-10(20-12-4-2-11(15)3-5-12)8-17-14(18)13-9-19-7-6-16-13/h2-5,10,13,16H,6-9H2,1H3,(H,17,18). The van der Waals surface area contributed by atoms with Crippen molar-refractivity contribution in [3.8, 4) is 5.75 Å². The van der Waals surface area contributed by atoms with Gasteiger partial charge in [0, 0.05) is 11.6 Å². The van der Waals surface area contributed by atoms with Crippen molar-refractivity contribution in [2.45, 2.75) is 19.1 Å². The highest BCUT2D eigenvalue weighted by Gasteiger charge is 2.21. The molecule has 110 valence electrons. The molecule has 1 aromatic carbocycles. The molecule has 2 N–H and O–H groups in total. The summed E-state index contributed by atoms with van der Waals surface area (Å²) in [6.07, 6.45) is -0.121. The van der Waals surface area contributed by atoms with Crippen LogP contribution in [0, 0.1) is 0 Å². The van der Waals surface area contributed by atoms with Crippen molar-refractivity contribution in [1.82, 2.24) is 10.6 Å². The maximum atomic E-state index is 11.9. The Morgan fingerprint density at radius 1 is 1.55 bits per heavy atom. The number of carbonyl (C=O) groups excluding carboxylic acids is 1. The van der Waals surface area contributed by atoms with E-state index in [0.717, 1.165) is 5.75 Å². The number of halogens is 1. The maximum absolute atomic E-state index is 11.9. The van der Waals surface area contributed by atoms with Gasteiger partial charge in [-0.2, -0.15) is 0 Å². The van der Waals surface area contributed by atoms with E-state index in [1.807, 2.05) is 6.92 Å². The molecule has 20 heavy (non-hydrogen) atoms. The first kappa shape index (κ1) is 15.1. The smallest absolute Gasteiger partial charge is 0.239 e. The van der Waals surface area contributed by atoms with Gasteiger partial charge in [-0.1, -0.05) is 11.6 Å². The van der Waals surface area contributed by atoms with Crippen LogP contribution in [0.5, 0.6) is 5.75 Å². The summed E-state index contributed by atoms with van der Waals surface area (Å²) < 4.78 is 10.9. The number of carbonyl (C=O) groups is 1. The highest BCUT2D eigenvalue weighted by molar-refractivity contribution is 6.30. The number of amides is 1. The molecule has 2 rings (SSSR count). The van der Waals surface area contributed by atoms with Crippen LogP contribution in [0.2, 0.25) is 5.02 Å². The van der Waals surface area contributed by atoms with Crippen LogP contribution < -0.4 is 15.4 Å². The van der Waals surface area contributed by atoms with E-state index in [9.17, 15) is 4.79 Å². The summed E-state index contributed by atoms with van der Waals surface area (Å²) in [5.74, 6) is 0.673. The van der Waals surface area contributed by atoms with Gasteiger partial charge >= 0.3 is 0 Å². The molecule has 1 amide bonds. The van der Waals surface area contributed by atoms with E-state index in [1.165, 1.54) is 0 Å². The van der Waals surface area contributed by atoms with Gasteiger partial charge in [-0.25, -0.2) is 0 Å². The molecule has 1 aliphatic rings. The second kappa shape index (κ2) is 7.47. The van der Waals surface area contributed by atoms with Gasteiger partial charge in [0.25, 0.3) is 0 Å². The second-order valence-electron chi connectivity index (χ2n) is 4.71. The van der Waals surface area contributed by atoms with Gasteiger partial charge in [0.2, 0.25) is 5.91 Å². The van der Waals surface area contributed by atoms with E-state index in [1.54, 1.807) is 24.3 Å². The number of ether oxygens (including phenoxy) is 2. The van der Waals surface area contributed by atoms with Gasteiger partial charge in [-0.05, 0) is 31.2 Å². The van der Waals surface area contributed by atoms with Gasteiger partial charge < -0.3 is 20.1 Å². The lowest BCUT2D eigenvalue weighted by atomic mass is 10.2. The summed E-state index contributed by atoms with van der Waals surface area (Å²) in [6.45, 7) is 4.12. The van der Waals surface area contributed by atoms with E-state index in [0.29, 0.717) is 31.3 Å². The highest BCUT2D eigenvalue weighted by Crippen LogP contribution is 2.16. The van der Waals surface area contributed by atoms with Crippen LogP contribution in [-0.4, -0.2) is 44.4 Å². The Morgan fingerprint density at radius 2 is 2.30 bits per heavy atom. The maximum Gasteiger partial charge on any atom is 0.239 e. The first-order chi connectivity index (χ1) is 9.65. The Hall–Kier alpha value is -1.30. The summed E-state index contributed by atoms with van der Waals surface area (Å²) in [6, 6.07) is 6.87. The summed E-state index contributed by atoms with van der Waals surface area (Å²) in [4.78, 5) is 11.9. The molecule has 1 saturated heterocycles. The molecule has 1 fully saturated rings. The zero-order valence-corrected chi connectivity index (χ0v) is 12.2. The monoisotopic (exact) mass is 298 g/mol. The van der Waals surface area contributed by atoms with Gasteiger partial charge in [0.1, 0.15) is 17.9 Å². The van der Waals surface area contributed by atoms with Gasteiger partial charge in [0.05, 0.1) is 19.8 Å². The SMILES string of the molecule is CC(CNC(=O)C1COCCN1)Oc1ccc(Cl)cc1. The fraction of sp³-hybridized carbons (Fsp3) is 0.500. The summed E-state index contributed by atoms with van der Waals surface area (Å²) in [5.41, 5.74) is 0. The largest absolute Gasteiger partial charge is 0.489 e. The molecule has 0 aromatic heterocycles. The average molecular weight is 299 g/mol.